The first kappa shape index (κ1) is 24.2. The molecule has 0 radical (unpaired) electrons. The monoisotopic (exact) mass is 510 g/mol. The molecule has 0 unspecified atom stereocenters. The number of hydrogen-bond donors (Lipinski definition) is 1. The number of sulfone groups is 1. The van der Waals surface area contributed by atoms with Crippen molar-refractivity contribution in [2.45, 2.75) is 12.7 Å². The predicted molar refractivity (Wildman–Crippen MR) is 125 cm³/mol. The molecule has 1 N–H and O–H groups in total. The van der Waals surface area contributed by atoms with E-state index < -0.39 is 37.7 Å². The Morgan fingerprint density at radius 3 is 2.41 bits per heavy atom. The van der Waals surface area contributed by atoms with Crippen LogP contribution < -0.4 is 9.62 Å². The van der Waals surface area contributed by atoms with E-state index in [0.717, 1.165) is 16.8 Å². The van der Waals surface area contributed by atoms with Crippen LogP contribution in [0.25, 0.3) is 22.3 Å². The Labute approximate surface area is 196 Å². The summed E-state index contributed by atoms with van der Waals surface area (Å²) in [5.74, 6) is -1.03. The molecule has 2 heterocycles. The number of ether oxygens (including phenoxy) is 1. The Morgan fingerprint density at radius 2 is 1.82 bits per heavy atom. The maximum Gasteiger partial charge on any atom is 0.255 e. The minimum Gasteiger partial charge on any atom is -0.455 e. The van der Waals surface area contributed by atoms with Crippen LogP contribution in [-0.4, -0.2) is 60.7 Å². The molecule has 0 saturated heterocycles. The molecule has 12 heteroatoms. The lowest BCUT2D eigenvalue weighted by Gasteiger charge is -2.24. The fourth-order valence-corrected chi connectivity index (χ4v) is 5.82. The highest BCUT2D eigenvalue weighted by atomic mass is 32.2. The smallest absolute Gasteiger partial charge is 0.255 e. The molecule has 182 valence electrons. The third kappa shape index (κ3) is 4.79. The molecule has 1 aliphatic rings. The molecule has 1 aliphatic heterocycles. The molecule has 0 fully saturated rings. The second kappa shape index (κ2) is 8.67. The summed E-state index contributed by atoms with van der Waals surface area (Å²) >= 11 is 0. The van der Waals surface area contributed by atoms with Gasteiger partial charge in [-0.2, -0.15) is 0 Å². The third-order valence-corrected chi connectivity index (χ3v) is 7.58. The molecule has 0 aliphatic carbocycles. The first-order valence-corrected chi connectivity index (χ1v) is 14.1. The van der Waals surface area contributed by atoms with E-state index in [-0.39, 0.29) is 41.5 Å². The van der Waals surface area contributed by atoms with Crippen molar-refractivity contribution in [3.63, 3.8) is 0 Å². The number of furan rings is 1. The maximum absolute atomic E-state index is 13.4. The first-order valence-electron chi connectivity index (χ1n) is 10.2. The summed E-state index contributed by atoms with van der Waals surface area (Å²) in [6.07, 6.45) is 1.20. The number of carbonyl (C=O) groups excluding carboxylic acids is 1. The van der Waals surface area contributed by atoms with Crippen molar-refractivity contribution in [3.8, 4) is 11.3 Å². The van der Waals surface area contributed by atoms with Crippen LogP contribution in [0.3, 0.4) is 0 Å². The van der Waals surface area contributed by atoms with E-state index in [1.54, 1.807) is 6.07 Å². The average Bonchev–Trinajstić information content (AvgIpc) is 3.01. The topological polar surface area (TPSA) is 123 Å². The van der Waals surface area contributed by atoms with Crippen LogP contribution in [0, 0.1) is 5.82 Å². The quantitative estimate of drug-likeness (QED) is 0.559. The predicted octanol–water partition coefficient (Wildman–Crippen LogP) is 2.31. The van der Waals surface area contributed by atoms with Crippen LogP contribution in [0.5, 0.6) is 0 Å². The second-order valence-corrected chi connectivity index (χ2v) is 12.3. The SMILES string of the molecule is CNC(=O)c1c(-c2ccc(F)cc2)oc2cc3c(cc12)CO[C@H](CS(C)(=O)=O)CN3S(C)(=O)=O. The highest BCUT2D eigenvalue weighted by Gasteiger charge is 2.32. The Bertz CT molecular complexity index is 1480. The molecular weight excluding hydrogens is 487 g/mol. The average molecular weight is 511 g/mol. The van der Waals surface area contributed by atoms with Crippen LogP contribution in [0.15, 0.2) is 40.8 Å². The maximum atomic E-state index is 13.4. The number of nitrogens with one attached hydrogen (secondary N) is 1. The van der Waals surface area contributed by atoms with Crippen molar-refractivity contribution < 1.29 is 35.2 Å². The summed E-state index contributed by atoms with van der Waals surface area (Å²) in [7, 11) is -5.77. The van der Waals surface area contributed by atoms with E-state index in [1.165, 1.54) is 37.4 Å². The summed E-state index contributed by atoms with van der Waals surface area (Å²) in [4.78, 5) is 12.8. The van der Waals surface area contributed by atoms with Gasteiger partial charge in [0, 0.05) is 35.9 Å². The fourth-order valence-electron chi connectivity index (χ4n) is 3.98. The molecule has 34 heavy (non-hydrogen) atoms. The van der Waals surface area contributed by atoms with E-state index in [0.29, 0.717) is 16.5 Å². The van der Waals surface area contributed by atoms with Gasteiger partial charge in [0.2, 0.25) is 10.0 Å². The number of halogens is 1. The lowest BCUT2D eigenvalue weighted by atomic mass is 10.0. The number of anilines is 1. The van der Waals surface area contributed by atoms with Crippen molar-refractivity contribution in [3.05, 3.63) is 53.3 Å². The molecule has 9 nitrogen and oxygen atoms in total. The van der Waals surface area contributed by atoms with Gasteiger partial charge in [-0.3, -0.25) is 9.10 Å². The van der Waals surface area contributed by atoms with Crippen LogP contribution in [0.2, 0.25) is 0 Å². The van der Waals surface area contributed by atoms with Gasteiger partial charge in [0.05, 0.1) is 42.5 Å². The van der Waals surface area contributed by atoms with Gasteiger partial charge in [-0.1, -0.05) is 0 Å². The van der Waals surface area contributed by atoms with Crippen LogP contribution in [0.1, 0.15) is 15.9 Å². The Hall–Kier alpha value is -2.96. The van der Waals surface area contributed by atoms with Crippen molar-refractivity contribution in [1.82, 2.24) is 5.32 Å². The molecular formula is C22H23FN2O7S2. The van der Waals surface area contributed by atoms with Crippen molar-refractivity contribution in [2.24, 2.45) is 0 Å². The lowest BCUT2D eigenvalue weighted by Crippen LogP contribution is -2.39. The van der Waals surface area contributed by atoms with Crippen molar-refractivity contribution in [1.29, 1.82) is 0 Å². The van der Waals surface area contributed by atoms with Gasteiger partial charge < -0.3 is 14.5 Å². The number of benzene rings is 2. The Morgan fingerprint density at radius 1 is 1.15 bits per heavy atom. The summed E-state index contributed by atoms with van der Waals surface area (Å²) in [5, 5.41) is 2.98. The van der Waals surface area contributed by atoms with Crippen molar-refractivity contribution >= 4 is 42.4 Å². The van der Waals surface area contributed by atoms with Crippen LogP contribution in [-0.2, 0) is 31.2 Å². The molecule has 1 aromatic heterocycles. The van der Waals surface area contributed by atoms with E-state index in [4.69, 9.17) is 9.15 Å². The van der Waals surface area contributed by atoms with Crippen LogP contribution in [0.4, 0.5) is 10.1 Å². The number of hydrogen-bond acceptors (Lipinski definition) is 7. The molecule has 0 bridgehead atoms. The molecule has 0 spiro atoms. The minimum atomic E-state index is -3.81. The number of fused-ring (bicyclic) bond motifs is 2. The van der Waals surface area contributed by atoms with Crippen molar-refractivity contribution in [2.75, 3.05) is 36.2 Å². The number of amides is 1. The van der Waals surface area contributed by atoms with E-state index in [2.05, 4.69) is 5.32 Å². The van der Waals surface area contributed by atoms with Gasteiger partial charge in [0.25, 0.3) is 5.91 Å². The van der Waals surface area contributed by atoms with Gasteiger partial charge in [0.1, 0.15) is 27.0 Å². The van der Waals surface area contributed by atoms with E-state index >= 15 is 0 Å². The molecule has 2 aromatic carbocycles. The van der Waals surface area contributed by atoms with Crippen LogP contribution >= 0.6 is 0 Å². The molecule has 1 atom stereocenters. The van der Waals surface area contributed by atoms with E-state index in [1.807, 2.05) is 0 Å². The Kier molecular flexibility index (Phi) is 6.17. The number of carbonyl (C=O) groups is 1. The molecule has 3 aromatic rings. The fraction of sp³-hybridized carbons (Fsp3) is 0.318. The van der Waals surface area contributed by atoms with Gasteiger partial charge in [-0.05, 0) is 30.3 Å². The van der Waals surface area contributed by atoms with Gasteiger partial charge in [0.15, 0.2) is 0 Å². The normalized spacial score (nSPS) is 16.8. The molecule has 4 rings (SSSR count). The summed E-state index contributed by atoms with van der Waals surface area (Å²) in [6.45, 7) is -0.264. The largest absolute Gasteiger partial charge is 0.455 e. The number of nitrogens with zero attached hydrogens (tertiary/aromatic N) is 1. The van der Waals surface area contributed by atoms with Gasteiger partial charge in [-0.25, -0.2) is 21.2 Å². The summed E-state index contributed by atoms with van der Waals surface area (Å²) < 4.78 is 75.1. The zero-order valence-electron chi connectivity index (χ0n) is 18.7. The molecule has 0 saturated carbocycles. The second-order valence-electron chi connectivity index (χ2n) is 8.19. The standard InChI is InChI=1S/C22H23FN2O7S2/c1-24-22(26)20-17-8-14-11-31-16(12-33(2,27)28)10-25(34(3,29)30)18(14)9-19(17)32-21(20)13-4-6-15(23)7-5-13/h4-9,16H,10-12H2,1-3H3,(H,24,26)/t16-/m0/s1. The van der Waals surface area contributed by atoms with Gasteiger partial charge in [-0.15, -0.1) is 0 Å². The minimum absolute atomic E-state index is 0.0677. The molecule has 1 amide bonds. The zero-order valence-corrected chi connectivity index (χ0v) is 20.3. The third-order valence-electron chi connectivity index (χ3n) is 5.45. The summed E-state index contributed by atoms with van der Waals surface area (Å²) in [5.41, 5.74) is 1.64. The number of sulfonamides is 1. The number of rotatable bonds is 5. The highest BCUT2D eigenvalue weighted by Crippen LogP contribution is 2.39. The first-order chi connectivity index (χ1) is 15.9. The summed E-state index contributed by atoms with van der Waals surface area (Å²) in [6, 6.07) is 8.54. The van der Waals surface area contributed by atoms with Gasteiger partial charge >= 0.3 is 0 Å². The lowest BCUT2D eigenvalue weighted by molar-refractivity contribution is 0.0663. The van der Waals surface area contributed by atoms with E-state index in [9.17, 15) is 26.0 Å². The zero-order chi connectivity index (χ0) is 24.8. The highest BCUT2D eigenvalue weighted by molar-refractivity contribution is 7.92. The Balaban J connectivity index is 1.92.